The van der Waals surface area contributed by atoms with Crippen LogP contribution in [0.3, 0.4) is 0 Å². The topological polar surface area (TPSA) is 124 Å². The highest BCUT2D eigenvalue weighted by Gasteiger charge is 2.14. The van der Waals surface area contributed by atoms with Gasteiger partial charge in [0.25, 0.3) is 0 Å². The van der Waals surface area contributed by atoms with Crippen LogP contribution < -0.4 is 4.72 Å². The maximum Gasteiger partial charge on any atom is 0.304 e. The van der Waals surface area contributed by atoms with Crippen molar-refractivity contribution < 1.29 is 23.1 Å². The molecule has 0 aromatic heterocycles. The Bertz CT molecular complexity index is 1000. The Morgan fingerprint density at radius 2 is 1.70 bits per heavy atom. The van der Waals surface area contributed by atoms with Crippen LogP contribution in [-0.2, 0) is 14.8 Å². The normalized spacial score (nSPS) is 11.2. The SMILES string of the molecule is N#Cc1ccc(/C=C/C(=O)c2ccc(S(=O)(=O)NCCC(=O)O)cc2)cc1. The van der Waals surface area contributed by atoms with E-state index in [1.165, 1.54) is 30.3 Å². The van der Waals surface area contributed by atoms with Crippen LogP contribution in [0.5, 0.6) is 0 Å². The van der Waals surface area contributed by atoms with E-state index in [1.807, 2.05) is 6.07 Å². The fourth-order valence-corrected chi connectivity index (χ4v) is 3.14. The molecule has 0 amide bonds. The van der Waals surface area contributed by atoms with Crippen molar-refractivity contribution in [3.05, 3.63) is 71.3 Å². The van der Waals surface area contributed by atoms with Gasteiger partial charge in [-0.15, -0.1) is 0 Å². The summed E-state index contributed by atoms with van der Waals surface area (Å²) in [6.07, 6.45) is 2.63. The molecular formula is C19H16N2O5S. The summed E-state index contributed by atoms with van der Waals surface area (Å²) in [7, 11) is -3.83. The Hall–Kier alpha value is -3.28. The van der Waals surface area contributed by atoms with Crippen molar-refractivity contribution in [1.29, 1.82) is 5.26 Å². The largest absolute Gasteiger partial charge is 0.481 e. The first-order valence-electron chi connectivity index (χ1n) is 7.86. The van der Waals surface area contributed by atoms with Crippen LogP contribution in [0.4, 0.5) is 0 Å². The maximum atomic E-state index is 12.2. The third-order valence-corrected chi connectivity index (χ3v) is 5.02. The lowest BCUT2D eigenvalue weighted by Crippen LogP contribution is -2.26. The lowest BCUT2D eigenvalue weighted by molar-refractivity contribution is -0.136. The Kier molecular flexibility index (Phi) is 6.60. The molecule has 0 unspecified atom stereocenters. The van der Waals surface area contributed by atoms with Gasteiger partial charge in [0.05, 0.1) is 22.9 Å². The zero-order valence-corrected chi connectivity index (χ0v) is 14.9. The van der Waals surface area contributed by atoms with E-state index in [0.29, 0.717) is 11.1 Å². The number of hydrogen-bond acceptors (Lipinski definition) is 5. The van der Waals surface area contributed by atoms with E-state index >= 15 is 0 Å². The van der Waals surface area contributed by atoms with Crippen molar-refractivity contribution in [2.24, 2.45) is 0 Å². The van der Waals surface area contributed by atoms with Crippen molar-refractivity contribution in [1.82, 2.24) is 4.72 Å². The third kappa shape index (κ3) is 5.88. The van der Waals surface area contributed by atoms with E-state index in [9.17, 15) is 18.0 Å². The van der Waals surface area contributed by atoms with Crippen LogP contribution in [0.2, 0.25) is 0 Å². The number of benzene rings is 2. The predicted octanol–water partition coefficient (Wildman–Crippen LogP) is 2.21. The van der Waals surface area contributed by atoms with Crippen LogP contribution in [0, 0.1) is 11.3 Å². The summed E-state index contributed by atoms with van der Waals surface area (Å²) in [6, 6.07) is 14.0. The summed E-state index contributed by atoms with van der Waals surface area (Å²) in [4.78, 5) is 22.6. The highest BCUT2D eigenvalue weighted by Crippen LogP contribution is 2.12. The molecule has 2 N–H and O–H groups in total. The predicted molar refractivity (Wildman–Crippen MR) is 98.4 cm³/mol. The highest BCUT2D eigenvalue weighted by molar-refractivity contribution is 7.89. The first-order valence-corrected chi connectivity index (χ1v) is 9.34. The van der Waals surface area contributed by atoms with Crippen LogP contribution in [0.1, 0.15) is 27.9 Å². The van der Waals surface area contributed by atoms with Crippen molar-refractivity contribution in [3.63, 3.8) is 0 Å². The van der Waals surface area contributed by atoms with E-state index in [2.05, 4.69) is 4.72 Å². The number of carboxylic acids is 1. The Morgan fingerprint density at radius 3 is 2.26 bits per heavy atom. The number of nitrogens with one attached hydrogen (secondary N) is 1. The standard InChI is InChI=1S/C19H16N2O5S/c20-13-15-3-1-14(2-4-15)5-10-18(22)16-6-8-17(9-7-16)27(25,26)21-12-11-19(23)24/h1-10,21H,11-12H2,(H,23,24)/b10-5+. The van der Waals surface area contributed by atoms with E-state index in [0.717, 1.165) is 5.56 Å². The number of allylic oxidation sites excluding steroid dienone is 1. The van der Waals surface area contributed by atoms with Gasteiger partial charge in [-0.1, -0.05) is 18.2 Å². The van der Waals surface area contributed by atoms with Crippen molar-refractivity contribution in [2.45, 2.75) is 11.3 Å². The minimum absolute atomic E-state index is 0.0551. The molecule has 0 aliphatic rings. The molecule has 138 valence electrons. The summed E-state index contributed by atoms with van der Waals surface area (Å²) in [6.45, 7) is -0.217. The molecule has 0 saturated carbocycles. The molecule has 0 fully saturated rings. The monoisotopic (exact) mass is 384 g/mol. The lowest BCUT2D eigenvalue weighted by atomic mass is 10.1. The number of rotatable bonds is 8. The fourth-order valence-electron chi connectivity index (χ4n) is 2.11. The molecule has 27 heavy (non-hydrogen) atoms. The average Bonchev–Trinajstić information content (AvgIpc) is 2.66. The molecule has 8 heteroatoms. The second-order valence-electron chi connectivity index (χ2n) is 5.50. The van der Waals surface area contributed by atoms with Crippen LogP contribution >= 0.6 is 0 Å². The van der Waals surface area contributed by atoms with E-state index < -0.39 is 16.0 Å². The summed E-state index contributed by atoms with van der Waals surface area (Å²) >= 11 is 0. The zero-order chi connectivity index (χ0) is 19.9. The number of carbonyl (C=O) groups excluding carboxylic acids is 1. The molecule has 0 bridgehead atoms. The van der Waals surface area contributed by atoms with E-state index in [4.69, 9.17) is 10.4 Å². The minimum atomic E-state index is -3.83. The summed E-state index contributed by atoms with van der Waals surface area (Å²) in [5.41, 5.74) is 1.58. The van der Waals surface area contributed by atoms with E-state index in [-0.39, 0.29) is 23.6 Å². The van der Waals surface area contributed by atoms with Gasteiger partial charge in [-0.25, -0.2) is 13.1 Å². The summed E-state index contributed by atoms with van der Waals surface area (Å²) in [5, 5.41) is 17.3. The van der Waals surface area contributed by atoms with Gasteiger partial charge < -0.3 is 5.11 Å². The lowest BCUT2D eigenvalue weighted by Gasteiger charge is -2.06. The molecule has 0 radical (unpaired) electrons. The summed E-state index contributed by atoms with van der Waals surface area (Å²) < 4.78 is 26.2. The van der Waals surface area contributed by atoms with Crippen LogP contribution in [0.25, 0.3) is 6.08 Å². The Balaban J connectivity index is 2.05. The van der Waals surface area contributed by atoms with Gasteiger partial charge in [-0.05, 0) is 48.0 Å². The molecule has 2 aromatic rings. The van der Waals surface area contributed by atoms with Crippen LogP contribution in [0.15, 0.2) is 59.5 Å². The molecule has 0 saturated heterocycles. The second kappa shape index (κ2) is 8.89. The van der Waals surface area contributed by atoms with Gasteiger partial charge in [-0.2, -0.15) is 5.26 Å². The Labute approximate surface area is 156 Å². The summed E-state index contributed by atoms with van der Waals surface area (Å²) in [5.74, 6) is -1.41. The second-order valence-corrected chi connectivity index (χ2v) is 7.26. The number of aliphatic carboxylic acids is 1. The fraction of sp³-hybridized carbons (Fsp3) is 0.105. The first-order chi connectivity index (χ1) is 12.8. The number of hydrogen-bond donors (Lipinski definition) is 2. The molecule has 0 heterocycles. The molecule has 0 spiro atoms. The quantitative estimate of drug-likeness (QED) is 0.531. The Morgan fingerprint density at radius 1 is 1.07 bits per heavy atom. The number of carbonyl (C=O) groups is 2. The number of ketones is 1. The van der Waals surface area contributed by atoms with Crippen molar-refractivity contribution in [3.8, 4) is 6.07 Å². The van der Waals surface area contributed by atoms with Gasteiger partial charge in [0.2, 0.25) is 10.0 Å². The number of carboxylic acid groups (broad SMARTS) is 1. The van der Waals surface area contributed by atoms with Gasteiger partial charge in [0.15, 0.2) is 5.78 Å². The first kappa shape index (κ1) is 20.0. The molecule has 2 rings (SSSR count). The molecule has 2 aromatic carbocycles. The molecule has 0 aliphatic carbocycles. The molecular weight excluding hydrogens is 368 g/mol. The molecule has 0 atom stereocenters. The molecule has 0 aliphatic heterocycles. The van der Waals surface area contributed by atoms with Gasteiger partial charge >= 0.3 is 5.97 Å². The molecule has 7 nitrogen and oxygen atoms in total. The van der Waals surface area contributed by atoms with Gasteiger partial charge in [-0.3, -0.25) is 9.59 Å². The third-order valence-electron chi connectivity index (χ3n) is 3.55. The number of sulfonamides is 1. The zero-order valence-electron chi connectivity index (χ0n) is 14.1. The van der Waals surface area contributed by atoms with Gasteiger partial charge in [0, 0.05) is 12.1 Å². The minimum Gasteiger partial charge on any atom is -0.481 e. The highest BCUT2D eigenvalue weighted by atomic mass is 32.2. The maximum absolute atomic E-state index is 12.2. The number of nitriles is 1. The van der Waals surface area contributed by atoms with Crippen molar-refractivity contribution in [2.75, 3.05) is 6.54 Å². The van der Waals surface area contributed by atoms with Gasteiger partial charge in [0.1, 0.15) is 0 Å². The van der Waals surface area contributed by atoms with Crippen molar-refractivity contribution >= 4 is 27.9 Å². The van der Waals surface area contributed by atoms with Crippen LogP contribution in [-0.4, -0.2) is 31.8 Å². The average molecular weight is 384 g/mol. The smallest absolute Gasteiger partial charge is 0.304 e. The van der Waals surface area contributed by atoms with E-state index in [1.54, 1.807) is 30.3 Å². The number of nitrogens with zero attached hydrogens (tertiary/aromatic N) is 1.